The fourth-order valence-corrected chi connectivity index (χ4v) is 3.01. The third-order valence-electron chi connectivity index (χ3n) is 4.77. The summed E-state index contributed by atoms with van der Waals surface area (Å²) in [6.45, 7) is 4.59. The molecular formula is C19H36N4O7. The SMILES string of the molecule is CC(CCC=O)N(CCN(C)CC(=O)O)CCN(CCN(C)CC(=O)O)CC(=O)O. The van der Waals surface area contributed by atoms with Gasteiger partial charge in [0.15, 0.2) is 0 Å². The van der Waals surface area contributed by atoms with Gasteiger partial charge < -0.3 is 20.1 Å². The lowest BCUT2D eigenvalue weighted by molar-refractivity contribution is -0.140. The van der Waals surface area contributed by atoms with Crippen LogP contribution in [-0.4, -0.2) is 138 Å². The number of likely N-dealkylation sites (N-methyl/N-ethyl adjacent to an activating group) is 2. The molecule has 0 aliphatic carbocycles. The predicted molar refractivity (Wildman–Crippen MR) is 111 cm³/mol. The van der Waals surface area contributed by atoms with E-state index >= 15 is 0 Å². The monoisotopic (exact) mass is 432 g/mol. The highest BCUT2D eigenvalue weighted by atomic mass is 16.4. The van der Waals surface area contributed by atoms with Crippen LogP contribution in [-0.2, 0) is 19.2 Å². The molecule has 0 saturated carbocycles. The highest BCUT2D eigenvalue weighted by molar-refractivity contribution is 5.69. The summed E-state index contributed by atoms with van der Waals surface area (Å²) < 4.78 is 0. The van der Waals surface area contributed by atoms with E-state index in [1.807, 2.05) is 6.92 Å². The molecule has 0 aliphatic rings. The molecule has 0 aromatic heterocycles. The lowest BCUT2D eigenvalue weighted by Gasteiger charge is -2.33. The topological polar surface area (TPSA) is 142 Å². The summed E-state index contributed by atoms with van der Waals surface area (Å²) in [5.41, 5.74) is 0. The molecule has 3 N–H and O–H groups in total. The first-order chi connectivity index (χ1) is 14.0. The zero-order chi connectivity index (χ0) is 23.1. The minimum atomic E-state index is -0.961. The maximum absolute atomic E-state index is 11.2. The Hall–Kier alpha value is -2.08. The van der Waals surface area contributed by atoms with Crippen molar-refractivity contribution in [2.45, 2.75) is 25.8 Å². The first-order valence-corrected chi connectivity index (χ1v) is 9.97. The number of carbonyl (C=O) groups excluding carboxylic acids is 1. The van der Waals surface area contributed by atoms with Crippen molar-refractivity contribution in [3.8, 4) is 0 Å². The smallest absolute Gasteiger partial charge is 0.317 e. The number of carboxylic acids is 3. The number of carbonyl (C=O) groups is 4. The van der Waals surface area contributed by atoms with Crippen molar-refractivity contribution in [1.29, 1.82) is 0 Å². The molecule has 11 nitrogen and oxygen atoms in total. The van der Waals surface area contributed by atoms with Gasteiger partial charge in [-0.15, -0.1) is 0 Å². The van der Waals surface area contributed by atoms with Crippen molar-refractivity contribution in [2.75, 3.05) is 73.0 Å². The Labute approximate surface area is 177 Å². The minimum Gasteiger partial charge on any atom is -0.480 e. The summed E-state index contributed by atoms with van der Waals surface area (Å²) in [4.78, 5) is 50.7. The fourth-order valence-electron chi connectivity index (χ4n) is 3.01. The van der Waals surface area contributed by atoms with Crippen molar-refractivity contribution in [1.82, 2.24) is 19.6 Å². The van der Waals surface area contributed by atoms with Crippen molar-refractivity contribution >= 4 is 24.2 Å². The van der Waals surface area contributed by atoms with Crippen molar-refractivity contribution in [2.24, 2.45) is 0 Å². The largest absolute Gasteiger partial charge is 0.480 e. The molecule has 0 fully saturated rings. The molecular weight excluding hydrogens is 396 g/mol. The summed E-state index contributed by atoms with van der Waals surface area (Å²) in [7, 11) is 3.39. The van der Waals surface area contributed by atoms with Crippen LogP contribution in [0.3, 0.4) is 0 Å². The zero-order valence-corrected chi connectivity index (χ0v) is 18.2. The fraction of sp³-hybridized carbons (Fsp3) is 0.789. The third-order valence-corrected chi connectivity index (χ3v) is 4.77. The van der Waals surface area contributed by atoms with Crippen molar-refractivity contribution in [3.05, 3.63) is 0 Å². The standard InChI is InChI=1S/C19H36N4O7/c1-16(5-4-12-24)23(10-7-21(3)14-18(27)28)11-9-22(15-19(29)30)8-6-20(2)13-17(25)26/h12,16H,4-11,13-15H2,1-3H3,(H,25,26)(H,27,28)(H,29,30). The first kappa shape index (κ1) is 27.9. The second-order valence-corrected chi connectivity index (χ2v) is 7.56. The van der Waals surface area contributed by atoms with Crippen molar-refractivity contribution in [3.63, 3.8) is 0 Å². The van der Waals surface area contributed by atoms with Gasteiger partial charge in [-0.1, -0.05) is 0 Å². The lowest BCUT2D eigenvalue weighted by atomic mass is 10.1. The van der Waals surface area contributed by atoms with Crippen LogP contribution in [0.1, 0.15) is 19.8 Å². The van der Waals surface area contributed by atoms with E-state index in [1.165, 1.54) is 0 Å². The Balaban J connectivity index is 4.88. The highest BCUT2D eigenvalue weighted by Crippen LogP contribution is 2.07. The average molecular weight is 433 g/mol. The van der Waals surface area contributed by atoms with Gasteiger partial charge in [-0.3, -0.25) is 34.0 Å². The summed E-state index contributed by atoms with van der Waals surface area (Å²) in [5, 5.41) is 26.9. The van der Waals surface area contributed by atoms with Crippen LogP contribution in [0.4, 0.5) is 0 Å². The van der Waals surface area contributed by atoms with Gasteiger partial charge >= 0.3 is 17.9 Å². The van der Waals surface area contributed by atoms with E-state index in [2.05, 4.69) is 4.90 Å². The Morgan fingerprint density at radius 2 is 1.20 bits per heavy atom. The maximum Gasteiger partial charge on any atom is 0.317 e. The molecule has 1 atom stereocenters. The quantitative estimate of drug-likeness (QED) is 0.218. The molecule has 0 heterocycles. The predicted octanol–water partition coefficient (Wildman–Crippen LogP) is -0.925. The van der Waals surface area contributed by atoms with Gasteiger partial charge in [0.2, 0.25) is 0 Å². The molecule has 30 heavy (non-hydrogen) atoms. The van der Waals surface area contributed by atoms with E-state index in [1.54, 1.807) is 28.8 Å². The van der Waals surface area contributed by atoms with Gasteiger partial charge in [-0.05, 0) is 27.4 Å². The van der Waals surface area contributed by atoms with Crippen LogP contribution >= 0.6 is 0 Å². The number of hydrogen-bond donors (Lipinski definition) is 3. The number of hydrogen-bond acceptors (Lipinski definition) is 8. The Morgan fingerprint density at radius 1 is 0.767 bits per heavy atom. The second-order valence-electron chi connectivity index (χ2n) is 7.56. The van der Waals surface area contributed by atoms with Crippen molar-refractivity contribution < 1.29 is 34.5 Å². The third kappa shape index (κ3) is 14.9. The van der Waals surface area contributed by atoms with E-state index in [9.17, 15) is 24.3 Å². The van der Waals surface area contributed by atoms with Gasteiger partial charge in [-0.25, -0.2) is 0 Å². The molecule has 0 aliphatic heterocycles. The number of aldehydes is 1. The molecule has 11 heteroatoms. The highest BCUT2D eigenvalue weighted by Gasteiger charge is 2.18. The summed E-state index contributed by atoms with van der Waals surface area (Å²) in [5.74, 6) is -2.81. The molecule has 0 radical (unpaired) electrons. The molecule has 0 saturated heterocycles. The van der Waals surface area contributed by atoms with E-state index in [-0.39, 0.29) is 25.7 Å². The minimum absolute atomic E-state index is 0.0718. The Bertz CT molecular complexity index is 547. The van der Waals surface area contributed by atoms with Crippen LogP contribution in [0, 0.1) is 0 Å². The number of aliphatic carboxylic acids is 3. The van der Waals surface area contributed by atoms with Crippen LogP contribution < -0.4 is 0 Å². The molecule has 0 aromatic rings. The second kappa shape index (κ2) is 15.7. The van der Waals surface area contributed by atoms with Gasteiger partial charge in [0.25, 0.3) is 0 Å². The summed E-state index contributed by atoms with van der Waals surface area (Å²) >= 11 is 0. The number of rotatable bonds is 19. The van der Waals surface area contributed by atoms with E-state index in [4.69, 9.17) is 10.2 Å². The molecule has 1 unspecified atom stereocenters. The van der Waals surface area contributed by atoms with E-state index in [0.29, 0.717) is 52.1 Å². The number of carboxylic acid groups (broad SMARTS) is 3. The molecule has 0 spiro atoms. The Kier molecular flexibility index (Phi) is 14.6. The van der Waals surface area contributed by atoms with Gasteiger partial charge in [-0.2, -0.15) is 0 Å². The van der Waals surface area contributed by atoms with Crippen LogP contribution in [0.2, 0.25) is 0 Å². The van der Waals surface area contributed by atoms with Gasteiger partial charge in [0.05, 0.1) is 19.6 Å². The average Bonchev–Trinajstić information content (AvgIpc) is 2.62. The summed E-state index contributed by atoms with van der Waals surface area (Å²) in [6.07, 6.45) is 1.94. The molecule has 174 valence electrons. The van der Waals surface area contributed by atoms with Gasteiger partial charge in [0.1, 0.15) is 6.29 Å². The zero-order valence-electron chi connectivity index (χ0n) is 18.2. The first-order valence-electron chi connectivity index (χ1n) is 9.97. The van der Waals surface area contributed by atoms with Crippen LogP contribution in [0.25, 0.3) is 0 Å². The van der Waals surface area contributed by atoms with Gasteiger partial charge in [0, 0.05) is 51.7 Å². The number of nitrogens with zero attached hydrogens (tertiary/aromatic N) is 4. The normalized spacial score (nSPS) is 12.6. The summed E-state index contributed by atoms with van der Waals surface area (Å²) in [6, 6.07) is 0.0785. The molecule has 0 amide bonds. The van der Waals surface area contributed by atoms with E-state index < -0.39 is 17.9 Å². The molecule has 0 bridgehead atoms. The lowest BCUT2D eigenvalue weighted by Crippen LogP contribution is -2.46. The maximum atomic E-state index is 11.2. The van der Waals surface area contributed by atoms with Crippen LogP contribution in [0.15, 0.2) is 0 Å². The Morgan fingerprint density at radius 3 is 1.67 bits per heavy atom. The van der Waals surface area contributed by atoms with E-state index in [0.717, 1.165) is 6.29 Å². The van der Waals surface area contributed by atoms with Crippen LogP contribution in [0.5, 0.6) is 0 Å². The molecule has 0 rings (SSSR count). The molecule has 0 aromatic carbocycles.